The lowest BCUT2D eigenvalue weighted by molar-refractivity contribution is -0.122. The second-order valence-electron chi connectivity index (χ2n) is 6.75. The Morgan fingerprint density at radius 3 is 2.32 bits per heavy atom. The molecule has 1 aromatic heterocycles. The molecular weight excluding hydrogens is 384 g/mol. The van der Waals surface area contributed by atoms with E-state index in [-0.39, 0.29) is 5.91 Å². The van der Waals surface area contributed by atoms with Crippen LogP contribution in [-0.4, -0.2) is 19.7 Å². The van der Waals surface area contributed by atoms with Crippen molar-refractivity contribution in [2.24, 2.45) is 0 Å². The summed E-state index contributed by atoms with van der Waals surface area (Å²) in [5.41, 5.74) is 5.48. The number of hydrogen-bond donors (Lipinski definition) is 0. The van der Waals surface area contributed by atoms with Gasteiger partial charge in [-0.25, -0.2) is 0 Å². The number of nitrogens with zero attached hydrogens (tertiary/aromatic N) is 2. The third-order valence-electron chi connectivity index (χ3n) is 4.83. The molecule has 0 N–H and O–H groups in total. The molecule has 5 heteroatoms. The zero-order valence-electron chi connectivity index (χ0n) is 15.8. The summed E-state index contributed by atoms with van der Waals surface area (Å²) < 4.78 is 2.81. The smallest absolute Gasteiger partial charge is 0.266 e. The second-order valence-corrected chi connectivity index (χ2v) is 8.43. The number of para-hydroxylation sites is 1. The molecule has 1 aliphatic heterocycles. The van der Waals surface area contributed by atoms with Gasteiger partial charge in [0.15, 0.2) is 0 Å². The summed E-state index contributed by atoms with van der Waals surface area (Å²) in [6.45, 7) is 4.67. The fourth-order valence-corrected chi connectivity index (χ4v) is 4.70. The lowest BCUT2D eigenvalue weighted by atomic mass is 10.2. The molecule has 1 saturated heterocycles. The maximum absolute atomic E-state index is 12.9. The number of thioether (sulfide) groups is 1. The molecule has 1 amide bonds. The molecule has 2 heterocycles. The molecule has 0 spiro atoms. The van der Waals surface area contributed by atoms with Crippen molar-refractivity contribution in [3.05, 3.63) is 94.1 Å². The third kappa shape index (κ3) is 3.55. The van der Waals surface area contributed by atoms with Gasteiger partial charge in [-0.3, -0.25) is 9.69 Å². The zero-order chi connectivity index (χ0) is 19.7. The topological polar surface area (TPSA) is 25.2 Å². The predicted molar refractivity (Wildman–Crippen MR) is 120 cm³/mol. The summed E-state index contributed by atoms with van der Waals surface area (Å²) in [5.74, 6) is -0.0247. The molecule has 28 heavy (non-hydrogen) atoms. The monoisotopic (exact) mass is 404 g/mol. The quantitative estimate of drug-likeness (QED) is 0.424. The number of amides is 1. The highest BCUT2D eigenvalue weighted by Gasteiger charge is 2.32. The van der Waals surface area contributed by atoms with Gasteiger partial charge in [0.05, 0.1) is 11.4 Å². The zero-order valence-corrected chi connectivity index (χ0v) is 17.4. The summed E-state index contributed by atoms with van der Waals surface area (Å²) in [7, 11) is 0. The molecule has 0 radical (unpaired) electrons. The summed E-state index contributed by atoms with van der Waals surface area (Å²) in [6, 6.07) is 22.3. The van der Waals surface area contributed by atoms with Crippen molar-refractivity contribution >= 4 is 40.3 Å². The van der Waals surface area contributed by atoms with E-state index in [1.807, 2.05) is 54.6 Å². The number of aromatic nitrogens is 1. The van der Waals surface area contributed by atoms with Crippen molar-refractivity contribution in [3.8, 4) is 5.69 Å². The van der Waals surface area contributed by atoms with Crippen molar-refractivity contribution in [1.29, 1.82) is 0 Å². The summed E-state index contributed by atoms with van der Waals surface area (Å²) in [5, 5.41) is 0. The van der Waals surface area contributed by atoms with Crippen LogP contribution >= 0.6 is 24.0 Å². The SMILES string of the molecule is Cc1cc(/C=C2\SC(=S)N(Cc3ccccc3)C2=O)c(C)n1-c1ccccc1. The van der Waals surface area contributed by atoms with E-state index in [0.29, 0.717) is 15.8 Å². The molecule has 0 saturated carbocycles. The van der Waals surface area contributed by atoms with E-state index in [1.54, 1.807) is 4.90 Å². The number of thiocarbonyl (C=S) groups is 1. The maximum Gasteiger partial charge on any atom is 0.266 e. The van der Waals surface area contributed by atoms with Crippen molar-refractivity contribution in [2.45, 2.75) is 20.4 Å². The summed E-state index contributed by atoms with van der Waals surface area (Å²) in [6.07, 6.45) is 1.96. The fourth-order valence-electron chi connectivity index (χ4n) is 3.45. The third-order valence-corrected chi connectivity index (χ3v) is 6.21. The Kier molecular flexibility index (Phi) is 5.20. The Morgan fingerprint density at radius 1 is 1.00 bits per heavy atom. The van der Waals surface area contributed by atoms with Crippen LogP contribution in [-0.2, 0) is 11.3 Å². The lowest BCUT2D eigenvalue weighted by Crippen LogP contribution is -2.27. The van der Waals surface area contributed by atoms with Gasteiger partial charge in [0.2, 0.25) is 0 Å². The average Bonchev–Trinajstić information content (AvgIpc) is 3.13. The standard InChI is InChI=1S/C23H20N2OS2/c1-16-13-19(17(2)25(16)20-11-7-4-8-12-20)14-21-22(26)24(23(27)28-21)15-18-9-5-3-6-10-18/h3-14H,15H2,1-2H3/b21-14-. The van der Waals surface area contributed by atoms with Crippen LogP contribution in [0.15, 0.2) is 71.6 Å². The van der Waals surface area contributed by atoms with Crippen molar-refractivity contribution in [1.82, 2.24) is 9.47 Å². The Labute approximate surface area is 174 Å². The predicted octanol–water partition coefficient (Wildman–Crippen LogP) is 5.50. The van der Waals surface area contributed by atoms with E-state index in [0.717, 1.165) is 28.2 Å². The van der Waals surface area contributed by atoms with Crippen LogP contribution in [0.2, 0.25) is 0 Å². The first-order chi connectivity index (χ1) is 13.5. The highest BCUT2D eigenvalue weighted by molar-refractivity contribution is 8.26. The van der Waals surface area contributed by atoms with Crippen LogP contribution in [0.3, 0.4) is 0 Å². The minimum atomic E-state index is -0.0247. The molecule has 0 atom stereocenters. The van der Waals surface area contributed by atoms with Gasteiger partial charge < -0.3 is 4.57 Å². The molecule has 1 fully saturated rings. The van der Waals surface area contributed by atoms with E-state index in [9.17, 15) is 4.79 Å². The molecule has 0 aliphatic carbocycles. The van der Waals surface area contributed by atoms with Gasteiger partial charge in [0, 0.05) is 17.1 Å². The van der Waals surface area contributed by atoms with Crippen LogP contribution in [0, 0.1) is 13.8 Å². The molecule has 0 unspecified atom stereocenters. The summed E-state index contributed by atoms with van der Waals surface area (Å²) >= 11 is 6.85. The van der Waals surface area contributed by atoms with Gasteiger partial charge in [-0.15, -0.1) is 0 Å². The molecule has 2 aromatic carbocycles. The van der Waals surface area contributed by atoms with E-state index < -0.39 is 0 Å². The number of carbonyl (C=O) groups excluding carboxylic acids is 1. The molecule has 3 nitrogen and oxygen atoms in total. The number of carbonyl (C=O) groups is 1. The Morgan fingerprint density at radius 2 is 1.64 bits per heavy atom. The van der Waals surface area contributed by atoms with Crippen LogP contribution in [0.1, 0.15) is 22.5 Å². The van der Waals surface area contributed by atoms with E-state index in [2.05, 4.69) is 36.6 Å². The number of aryl methyl sites for hydroxylation is 1. The molecule has 1 aliphatic rings. The van der Waals surface area contributed by atoms with Crippen molar-refractivity contribution in [3.63, 3.8) is 0 Å². The first kappa shape index (κ1) is 18.7. The van der Waals surface area contributed by atoms with Gasteiger partial charge >= 0.3 is 0 Å². The highest BCUT2D eigenvalue weighted by atomic mass is 32.2. The van der Waals surface area contributed by atoms with Gasteiger partial charge in [-0.1, -0.05) is 72.5 Å². The van der Waals surface area contributed by atoms with Crippen LogP contribution in [0.25, 0.3) is 11.8 Å². The van der Waals surface area contributed by atoms with Crippen LogP contribution < -0.4 is 0 Å². The Bertz CT molecular complexity index is 1070. The van der Waals surface area contributed by atoms with Gasteiger partial charge in [0.25, 0.3) is 5.91 Å². The molecular formula is C23H20N2OS2. The molecule has 4 rings (SSSR count). The fraction of sp³-hybridized carbons (Fsp3) is 0.130. The Balaban J connectivity index is 1.63. The van der Waals surface area contributed by atoms with E-state index in [1.165, 1.54) is 11.8 Å². The highest BCUT2D eigenvalue weighted by Crippen LogP contribution is 2.34. The number of rotatable bonds is 4. The normalized spacial score (nSPS) is 15.6. The average molecular weight is 405 g/mol. The van der Waals surface area contributed by atoms with Gasteiger partial charge in [-0.05, 0) is 49.2 Å². The minimum absolute atomic E-state index is 0.0247. The largest absolute Gasteiger partial charge is 0.318 e. The molecule has 0 bridgehead atoms. The minimum Gasteiger partial charge on any atom is -0.318 e. The molecule has 3 aromatic rings. The van der Waals surface area contributed by atoms with Gasteiger partial charge in [-0.2, -0.15) is 0 Å². The van der Waals surface area contributed by atoms with E-state index in [4.69, 9.17) is 12.2 Å². The summed E-state index contributed by atoms with van der Waals surface area (Å²) in [4.78, 5) is 15.3. The second kappa shape index (κ2) is 7.78. The van der Waals surface area contributed by atoms with Crippen molar-refractivity contribution < 1.29 is 4.79 Å². The van der Waals surface area contributed by atoms with Crippen LogP contribution in [0.5, 0.6) is 0 Å². The maximum atomic E-state index is 12.9. The van der Waals surface area contributed by atoms with Gasteiger partial charge in [0.1, 0.15) is 4.32 Å². The lowest BCUT2D eigenvalue weighted by Gasteiger charge is -2.14. The Hall–Kier alpha value is -2.63. The first-order valence-electron chi connectivity index (χ1n) is 9.08. The van der Waals surface area contributed by atoms with E-state index >= 15 is 0 Å². The number of hydrogen-bond acceptors (Lipinski definition) is 3. The molecule has 140 valence electrons. The van der Waals surface area contributed by atoms with Crippen LogP contribution in [0.4, 0.5) is 0 Å². The van der Waals surface area contributed by atoms with Crippen molar-refractivity contribution in [2.75, 3.05) is 0 Å². The number of benzene rings is 2. The first-order valence-corrected chi connectivity index (χ1v) is 10.3.